The molecule has 0 spiro atoms. The van der Waals surface area contributed by atoms with Gasteiger partial charge in [-0.15, -0.1) is 10.2 Å². The van der Waals surface area contributed by atoms with Gasteiger partial charge < -0.3 is 10.6 Å². The zero-order valence-corrected chi connectivity index (χ0v) is 8.04. The van der Waals surface area contributed by atoms with Gasteiger partial charge in [-0.25, -0.2) is 0 Å². The van der Waals surface area contributed by atoms with E-state index in [9.17, 15) is 0 Å². The molecule has 0 saturated heterocycles. The van der Waals surface area contributed by atoms with Crippen molar-refractivity contribution in [3.8, 4) is 0 Å². The highest BCUT2D eigenvalue weighted by Crippen LogP contribution is 2.23. The van der Waals surface area contributed by atoms with Crippen LogP contribution in [-0.4, -0.2) is 27.9 Å². The van der Waals surface area contributed by atoms with Gasteiger partial charge in [-0.2, -0.15) is 0 Å². The third-order valence-corrected chi connectivity index (χ3v) is 2.21. The molecule has 1 fully saturated rings. The van der Waals surface area contributed by atoms with E-state index in [-0.39, 0.29) is 0 Å². The highest BCUT2D eigenvalue weighted by Gasteiger charge is 2.23. The van der Waals surface area contributed by atoms with Crippen LogP contribution in [0.4, 0.5) is 5.95 Å². The Kier molecular flexibility index (Phi) is 2.18. The number of aromatic nitrogens is 3. The van der Waals surface area contributed by atoms with Crippen molar-refractivity contribution in [1.82, 2.24) is 20.1 Å². The van der Waals surface area contributed by atoms with Crippen molar-refractivity contribution in [2.45, 2.75) is 25.4 Å². The first-order chi connectivity index (χ1) is 6.31. The molecule has 2 rings (SSSR count). The van der Waals surface area contributed by atoms with E-state index in [1.165, 1.54) is 12.8 Å². The maximum atomic E-state index is 4.08. The monoisotopic (exact) mass is 181 g/mol. The van der Waals surface area contributed by atoms with Crippen LogP contribution in [-0.2, 0) is 13.6 Å². The summed E-state index contributed by atoms with van der Waals surface area (Å²) in [7, 11) is 3.89. The van der Waals surface area contributed by atoms with Crippen LogP contribution in [0.1, 0.15) is 18.7 Å². The van der Waals surface area contributed by atoms with E-state index in [2.05, 4.69) is 20.8 Å². The van der Waals surface area contributed by atoms with Gasteiger partial charge in [0.25, 0.3) is 0 Å². The molecule has 72 valence electrons. The lowest BCUT2D eigenvalue weighted by atomic mass is 10.6. The van der Waals surface area contributed by atoms with Crippen LogP contribution in [0.3, 0.4) is 0 Å². The van der Waals surface area contributed by atoms with Crippen LogP contribution in [0.15, 0.2) is 0 Å². The van der Waals surface area contributed by atoms with Gasteiger partial charge in [0.15, 0.2) is 0 Å². The van der Waals surface area contributed by atoms with Crippen LogP contribution in [0.5, 0.6) is 0 Å². The fourth-order valence-electron chi connectivity index (χ4n) is 1.21. The van der Waals surface area contributed by atoms with Gasteiger partial charge in [-0.05, 0) is 19.9 Å². The summed E-state index contributed by atoms with van der Waals surface area (Å²) in [4.78, 5) is 0. The number of nitrogens with one attached hydrogen (secondary N) is 2. The first kappa shape index (κ1) is 8.50. The largest absolute Gasteiger partial charge is 0.352 e. The van der Waals surface area contributed by atoms with Gasteiger partial charge in [0.05, 0.1) is 6.54 Å². The van der Waals surface area contributed by atoms with E-state index in [0.29, 0.717) is 6.04 Å². The average Bonchev–Trinajstić information content (AvgIpc) is 2.86. The fraction of sp³-hybridized carbons (Fsp3) is 0.750. The van der Waals surface area contributed by atoms with Crippen LogP contribution in [0.25, 0.3) is 0 Å². The van der Waals surface area contributed by atoms with Crippen LogP contribution >= 0.6 is 0 Å². The molecule has 1 saturated carbocycles. The molecule has 5 heteroatoms. The highest BCUT2D eigenvalue weighted by atomic mass is 15.4. The van der Waals surface area contributed by atoms with Crippen molar-refractivity contribution in [2.24, 2.45) is 7.05 Å². The number of hydrogen-bond acceptors (Lipinski definition) is 4. The van der Waals surface area contributed by atoms with Gasteiger partial charge in [-0.3, -0.25) is 4.57 Å². The zero-order valence-electron chi connectivity index (χ0n) is 8.04. The Hall–Kier alpha value is -1.10. The van der Waals surface area contributed by atoms with Crippen LogP contribution < -0.4 is 10.6 Å². The summed E-state index contributed by atoms with van der Waals surface area (Å²) in [5.41, 5.74) is 0. The van der Waals surface area contributed by atoms with Crippen LogP contribution in [0, 0.1) is 0 Å². The summed E-state index contributed by atoms with van der Waals surface area (Å²) in [6, 6.07) is 0.630. The SMILES string of the molecule is CNCc1nnc(NC2CC2)n1C. The smallest absolute Gasteiger partial charge is 0.224 e. The summed E-state index contributed by atoms with van der Waals surface area (Å²) in [5.74, 6) is 1.85. The Bertz CT molecular complexity index is 289. The van der Waals surface area contributed by atoms with Crippen molar-refractivity contribution < 1.29 is 0 Å². The third-order valence-electron chi connectivity index (χ3n) is 2.21. The Morgan fingerprint density at radius 2 is 2.23 bits per heavy atom. The lowest BCUT2D eigenvalue weighted by Crippen LogP contribution is -2.12. The highest BCUT2D eigenvalue weighted by molar-refractivity contribution is 5.29. The maximum Gasteiger partial charge on any atom is 0.224 e. The average molecular weight is 181 g/mol. The van der Waals surface area contributed by atoms with E-state index in [4.69, 9.17) is 0 Å². The first-order valence-corrected chi connectivity index (χ1v) is 4.60. The van der Waals surface area contributed by atoms with Crippen molar-refractivity contribution in [3.05, 3.63) is 5.82 Å². The molecule has 2 N–H and O–H groups in total. The second kappa shape index (κ2) is 3.33. The minimum Gasteiger partial charge on any atom is -0.352 e. The molecule has 0 unspecified atom stereocenters. The van der Waals surface area contributed by atoms with Gasteiger partial charge >= 0.3 is 0 Å². The summed E-state index contributed by atoms with van der Waals surface area (Å²) in [6.45, 7) is 0.760. The van der Waals surface area contributed by atoms with Gasteiger partial charge in [0.1, 0.15) is 5.82 Å². The molecular weight excluding hydrogens is 166 g/mol. The van der Waals surface area contributed by atoms with Crippen molar-refractivity contribution >= 4 is 5.95 Å². The fourth-order valence-corrected chi connectivity index (χ4v) is 1.21. The third kappa shape index (κ3) is 1.80. The Morgan fingerprint density at radius 3 is 2.85 bits per heavy atom. The van der Waals surface area contributed by atoms with E-state index in [1.54, 1.807) is 0 Å². The molecule has 0 aromatic carbocycles. The molecular formula is C8H15N5. The summed E-state index contributed by atoms with van der Waals surface area (Å²) in [6.07, 6.45) is 2.52. The molecule has 0 radical (unpaired) electrons. The van der Waals surface area contributed by atoms with E-state index in [1.807, 2.05) is 18.7 Å². The first-order valence-electron chi connectivity index (χ1n) is 4.60. The van der Waals surface area contributed by atoms with Crippen LogP contribution in [0.2, 0.25) is 0 Å². The Labute approximate surface area is 77.5 Å². The number of rotatable bonds is 4. The predicted octanol–water partition coefficient (Wildman–Crippen LogP) is 0.109. The van der Waals surface area contributed by atoms with Gasteiger partial charge in [0, 0.05) is 13.1 Å². The maximum absolute atomic E-state index is 4.08. The minimum atomic E-state index is 0.630. The number of anilines is 1. The lowest BCUT2D eigenvalue weighted by Gasteiger charge is -2.04. The number of hydrogen-bond donors (Lipinski definition) is 2. The summed E-state index contributed by atoms with van der Waals surface area (Å²) in [5, 5.41) is 14.5. The number of nitrogens with zero attached hydrogens (tertiary/aromatic N) is 3. The molecule has 1 aliphatic carbocycles. The second-order valence-corrected chi connectivity index (χ2v) is 3.45. The van der Waals surface area contributed by atoms with E-state index in [0.717, 1.165) is 18.3 Å². The molecule has 1 heterocycles. The van der Waals surface area contributed by atoms with Crippen molar-refractivity contribution in [3.63, 3.8) is 0 Å². The van der Waals surface area contributed by atoms with Gasteiger partial charge in [0.2, 0.25) is 5.95 Å². The Balaban J connectivity index is 2.07. The second-order valence-electron chi connectivity index (χ2n) is 3.45. The topological polar surface area (TPSA) is 54.8 Å². The molecule has 5 nitrogen and oxygen atoms in total. The zero-order chi connectivity index (χ0) is 9.26. The molecule has 1 aromatic rings. The lowest BCUT2D eigenvalue weighted by molar-refractivity contribution is 0.708. The molecule has 1 aromatic heterocycles. The minimum absolute atomic E-state index is 0.630. The molecule has 0 aliphatic heterocycles. The molecule has 0 atom stereocenters. The molecule has 0 bridgehead atoms. The molecule has 1 aliphatic rings. The molecule has 0 amide bonds. The summed E-state index contributed by atoms with van der Waals surface area (Å²) >= 11 is 0. The van der Waals surface area contributed by atoms with Crippen molar-refractivity contribution in [1.29, 1.82) is 0 Å². The predicted molar refractivity (Wildman–Crippen MR) is 50.4 cm³/mol. The quantitative estimate of drug-likeness (QED) is 0.692. The van der Waals surface area contributed by atoms with Crippen molar-refractivity contribution in [2.75, 3.05) is 12.4 Å². The standard InChI is InChI=1S/C8H15N5/c1-9-5-7-11-12-8(13(7)2)10-6-3-4-6/h6,9H,3-5H2,1-2H3,(H,10,12). The summed E-state index contributed by atoms with van der Waals surface area (Å²) < 4.78 is 1.99. The van der Waals surface area contributed by atoms with Gasteiger partial charge in [-0.1, -0.05) is 0 Å². The van der Waals surface area contributed by atoms with E-state index >= 15 is 0 Å². The van der Waals surface area contributed by atoms with E-state index < -0.39 is 0 Å². The molecule has 13 heavy (non-hydrogen) atoms. The Morgan fingerprint density at radius 1 is 1.46 bits per heavy atom. The normalized spacial score (nSPS) is 16.2.